The summed E-state index contributed by atoms with van der Waals surface area (Å²) >= 11 is 0. The van der Waals surface area contributed by atoms with E-state index in [1.807, 2.05) is 48.5 Å². The van der Waals surface area contributed by atoms with Gasteiger partial charge in [0.15, 0.2) is 11.5 Å². The minimum Gasteiger partial charge on any atom is -0.454 e. The molecule has 0 spiro atoms. The lowest BCUT2D eigenvalue weighted by molar-refractivity contribution is -0.122. The van der Waals surface area contributed by atoms with Gasteiger partial charge in [0.1, 0.15) is 6.54 Å². The van der Waals surface area contributed by atoms with E-state index in [9.17, 15) is 9.59 Å². The number of hydrogen-bond acceptors (Lipinski definition) is 6. The van der Waals surface area contributed by atoms with Gasteiger partial charge in [0.2, 0.25) is 12.7 Å². The molecule has 0 aliphatic carbocycles. The first-order chi connectivity index (χ1) is 15.7. The standard InChI is InChI=1S/C24H20N4O4/c29-23(26-13-17-5-6-21-22(12-17)32-15-31-21)14-28-24(30)19-4-2-1-3-18(19)20(27-28)11-16-7-9-25-10-8-16/h1-10,12H,11,13-15H2,(H,26,29). The maximum absolute atomic E-state index is 13.0. The number of hydrogen-bond donors (Lipinski definition) is 1. The van der Waals surface area contributed by atoms with Crippen LogP contribution < -0.4 is 20.3 Å². The van der Waals surface area contributed by atoms with E-state index in [1.54, 1.807) is 18.5 Å². The molecule has 0 radical (unpaired) electrons. The molecule has 0 bridgehead atoms. The second-order valence-corrected chi connectivity index (χ2v) is 7.45. The van der Waals surface area contributed by atoms with Gasteiger partial charge in [-0.25, -0.2) is 4.68 Å². The first kappa shape index (κ1) is 19.7. The van der Waals surface area contributed by atoms with E-state index < -0.39 is 0 Å². The third kappa shape index (κ3) is 4.02. The molecule has 1 amide bonds. The van der Waals surface area contributed by atoms with Gasteiger partial charge >= 0.3 is 0 Å². The number of amides is 1. The quantitative estimate of drug-likeness (QED) is 0.507. The zero-order chi connectivity index (χ0) is 21.9. The van der Waals surface area contributed by atoms with Crippen molar-refractivity contribution >= 4 is 16.7 Å². The Morgan fingerprint density at radius 1 is 0.969 bits per heavy atom. The van der Waals surface area contributed by atoms with Crippen molar-refractivity contribution in [2.75, 3.05) is 6.79 Å². The van der Waals surface area contributed by atoms with Crippen LogP contribution in [0.1, 0.15) is 16.8 Å². The highest BCUT2D eigenvalue weighted by Gasteiger charge is 2.15. The molecule has 2 aromatic carbocycles. The van der Waals surface area contributed by atoms with Crippen molar-refractivity contribution in [3.8, 4) is 11.5 Å². The van der Waals surface area contributed by atoms with E-state index in [0.29, 0.717) is 29.9 Å². The number of aromatic nitrogens is 3. The molecule has 0 fully saturated rings. The smallest absolute Gasteiger partial charge is 0.275 e. The largest absolute Gasteiger partial charge is 0.454 e. The van der Waals surface area contributed by atoms with Crippen LogP contribution in [0.4, 0.5) is 0 Å². The van der Waals surface area contributed by atoms with Crippen LogP contribution in [0.5, 0.6) is 11.5 Å². The second-order valence-electron chi connectivity index (χ2n) is 7.45. The molecule has 2 aromatic heterocycles. The molecule has 3 heterocycles. The number of fused-ring (bicyclic) bond motifs is 2. The normalized spacial score (nSPS) is 12.1. The van der Waals surface area contributed by atoms with E-state index in [4.69, 9.17) is 9.47 Å². The van der Waals surface area contributed by atoms with E-state index in [1.165, 1.54) is 4.68 Å². The summed E-state index contributed by atoms with van der Waals surface area (Å²) in [4.78, 5) is 29.6. The van der Waals surface area contributed by atoms with Gasteiger partial charge in [0, 0.05) is 30.7 Å². The van der Waals surface area contributed by atoms with Crippen molar-refractivity contribution in [1.29, 1.82) is 0 Å². The SMILES string of the molecule is O=C(Cn1nc(Cc2ccncc2)c2ccccc2c1=O)NCc1ccc2c(c1)OCO2. The number of benzene rings is 2. The van der Waals surface area contributed by atoms with Crippen molar-refractivity contribution in [3.63, 3.8) is 0 Å². The molecule has 0 atom stereocenters. The zero-order valence-corrected chi connectivity index (χ0v) is 17.2. The van der Waals surface area contributed by atoms with Crippen molar-refractivity contribution in [3.05, 3.63) is 94.2 Å². The lowest BCUT2D eigenvalue weighted by Crippen LogP contribution is -2.34. The summed E-state index contributed by atoms with van der Waals surface area (Å²) in [6.07, 6.45) is 3.97. The lowest BCUT2D eigenvalue weighted by Gasteiger charge is -2.12. The second kappa shape index (κ2) is 8.50. The van der Waals surface area contributed by atoms with Crippen LogP contribution in [-0.4, -0.2) is 27.5 Å². The molecule has 8 nitrogen and oxygen atoms in total. The average molecular weight is 428 g/mol. The van der Waals surface area contributed by atoms with Crippen LogP contribution in [0.25, 0.3) is 10.8 Å². The number of nitrogens with one attached hydrogen (secondary N) is 1. The van der Waals surface area contributed by atoms with Crippen LogP contribution in [0.2, 0.25) is 0 Å². The number of pyridine rings is 1. The first-order valence-corrected chi connectivity index (χ1v) is 10.2. The number of carbonyl (C=O) groups is 1. The topological polar surface area (TPSA) is 95.3 Å². The third-order valence-electron chi connectivity index (χ3n) is 5.29. The number of ether oxygens (including phenoxy) is 2. The fourth-order valence-electron chi connectivity index (χ4n) is 3.68. The summed E-state index contributed by atoms with van der Waals surface area (Å²) in [7, 11) is 0. The predicted molar refractivity (Wildman–Crippen MR) is 117 cm³/mol. The van der Waals surface area contributed by atoms with Crippen LogP contribution >= 0.6 is 0 Å². The van der Waals surface area contributed by atoms with E-state index in [2.05, 4.69) is 15.4 Å². The molecule has 1 aliphatic heterocycles. The molecule has 5 rings (SSSR count). The van der Waals surface area contributed by atoms with Crippen LogP contribution in [-0.2, 0) is 24.3 Å². The van der Waals surface area contributed by atoms with Gasteiger partial charge in [-0.05, 0) is 41.5 Å². The maximum atomic E-state index is 13.0. The van der Waals surface area contributed by atoms with Crippen molar-refractivity contribution in [2.45, 2.75) is 19.5 Å². The summed E-state index contributed by atoms with van der Waals surface area (Å²) in [6.45, 7) is 0.336. The first-order valence-electron chi connectivity index (χ1n) is 10.2. The number of rotatable bonds is 6. The fourth-order valence-corrected chi connectivity index (χ4v) is 3.68. The minimum atomic E-state index is -0.303. The Balaban J connectivity index is 1.36. The van der Waals surface area contributed by atoms with Gasteiger partial charge in [0.05, 0.1) is 11.1 Å². The van der Waals surface area contributed by atoms with Crippen molar-refractivity contribution < 1.29 is 14.3 Å². The Hall–Kier alpha value is -4.20. The highest BCUT2D eigenvalue weighted by Crippen LogP contribution is 2.32. The minimum absolute atomic E-state index is 0.169. The van der Waals surface area contributed by atoms with Crippen LogP contribution in [0.3, 0.4) is 0 Å². The van der Waals surface area contributed by atoms with E-state index in [0.717, 1.165) is 22.2 Å². The summed E-state index contributed by atoms with van der Waals surface area (Å²) in [5.74, 6) is 1.04. The highest BCUT2D eigenvalue weighted by atomic mass is 16.7. The van der Waals surface area contributed by atoms with Gasteiger partial charge < -0.3 is 14.8 Å². The summed E-state index contributed by atoms with van der Waals surface area (Å²) in [5, 5.41) is 8.68. The number of carbonyl (C=O) groups excluding carboxylic acids is 1. The molecular formula is C24H20N4O4. The molecule has 0 saturated carbocycles. The summed E-state index contributed by atoms with van der Waals surface area (Å²) in [6, 6.07) is 16.6. The van der Waals surface area contributed by atoms with E-state index in [-0.39, 0.29) is 24.8 Å². The Morgan fingerprint density at radius 3 is 2.59 bits per heavy atom. The van der Waals surface area contributed by atoms with Gasteiger partial charge in [-0.1, -0.05) is 24.3 Å². The molecule has 32 heavy (non-hydrogen) atoms. The third-order valence-corrected chi connectivity index (χ3v) is 5.29. The van der Waals surface area contributed by atoms with Gasteiger partial charge in [0.25, 0.3) is 5.56 Å². The molecular weight excluding hydrogens is 408 g/mol. The molecule has 4 aromatic rings. The maximum Gasteiger partial charge on any atom is 0.275 e. The van der Waals surface area contributed by atoms with E-state index >= 15 is 0 Å². The van der Waals surface area contributed by atoms with Gasteiger partial charge in [-0.3, -0.25) is 14.6 Å². The Bertz CT molecular complexity index is 1350. The van der Waals surface area contributed by atoms with Gasteiger partial charge in [-0.2, -0.15) is 5.10 Å². The molecule has 160 valence electrons. The predicted octanol–water partition coefficient (Wildman–Crippen LogP) is 2.43. The monoisotopic (exact) mass is 428 g/mol. The molecule has 1 N–H and O–H groups in total. The zero-order valence-electron chi connectivity index (χ0n) is 17.2. The summed E-state index contributed by atoms with van der Waals surface area (Å²) < 4.78 is 11.9. The average Bonchev–Trinajstić information content (AvgIpc) is 3.29. The Morgan fingerprint density at radius 2 is 1.75 bits per heavy atom. The van der Waals surface area contributed by atoms with Crippen LogP contribution in [0.15, 0.2) is 71.8 Å². The van der Waals surface area contributed by atoms with Crippen LogP contribution in [0, 0.1) is 0 Å². The molecule has 0 unspecified atom stereocenters. The Labute approximate surface area is 183 Å². The highest BCUT2D eigenvalue weighted by molar-refractivity contribution is 5.84. The fraction of sp³-hybridized carbons (Fsp3) is 0.167. The molecule has 8 heteroatoms. The van der Waals surface area contributed by atoms with Gasteiger partial charge in [-0.15, -0.1) is 0 Å². The lowest BCUT2D eigenvalue weighted by atomic mass is 10.1. The van der Waals surface area contributed by atoms with Crippen molar-refractivity contribution in [2.24, 2.45) is 0 Å². The summed E-state index contributed by atoms with van der Waals surface area (Å²) in [5.41, 5.74) is 2.34. The Kier molecular flexibility index (Phi) is 5.25. The molecule has 0 saturated heterocycles. The van der Waals surface area contributed by atoms with Crippen molar-refractivity contribution in [1.82, 2.24) is 20.1 Å². The number of nitrogens with zero attached hydrogens (tertiary/aromatic N) is 3. The molecule has 1 aliphatic rings.